The maximum absolute atomic E-state index is 15.2. The number of benzene rings is 3. The van der Waals surface area contributed by atoms with Gasteiger partial charge in [-0.2, -0.15) is 0 Å². The van der Waals surface area contributed by atoms with Crippen molar-refractivity contribution in [3.8, 4) is 34.4 Å². The molecule has 2 aromatic heterocycles. The van der Waals surface area contributed by atoms with E-state index in [2.05, 4.69) is 10.3 Å². The van der Waals surface area contributed by atoms with Gasteiger partial charge in [0.25, 0.3) is 0 Å². The zero-order chi connectivity index (χ0) is 33.8. The van der Waals surface area contributed by atoms with E-state index in [1.165, 1.54) is 63.7 Å². The third-order valence-corrected chi connectivity index (χ3v) is 6.82. The first-order valence-corrected chi connectivity index (χ1v) is 13.8. The van der Waals surface area contributed by atoms with Gasteiger partial charge in [0, 0.05) is 43.5 Å². The van der Waals surface area contributed by atoms with E-state index in [-0.39, 0.29) is 22.9 Å². The van der Waals surface area contributed by atoms with E-state index in [1.54, 1.807) is 18.2 Å². The number of nitrogens with zero attached hydrogens (tertiary/aromatic N) is 4. The number of halogens is 2. The molecule has 0 saturated heterocycles. The Kier molecular flexibility index (Phi) is 9.16. The Bertz CT molecular complexity index is 2110. The summed E-state index contributed by atoms with van der Waals surface area (Å²) >= 11 is 0. The molecule has 13 nitrogen and oxygen atoms in total. The lowest BCUT2D eigenvalue weighted by Crippen LogP contribution is -2.42. The number of fused-ring (bicyclic) bond motifs is 1. The van der Waals surface area contributed by atoms with Gasteiger partial charge in [-0.15, -0.1) is 0 Å². The molecule has 0 aliphatic carbocycles. The number of carbonyl (C=O) groups is 2. The number of ether oxygens (including phenoxy) is 4. The summed E-state index contributed by atoms with van der Waals surface area (Å²) in [4.78, 5) is 57.1. The molecule has 0 aliphatic rings. The lowest BCUT2D eigenvalue weighted by atomic mass is 10.2. The fourth-order valence-electron chi connectivity index (χ4n) is 4.43. The number of hydrogen-bond acceptors (Lipinski definition) is 9. The van der Waals surface area contributed by atoms with Crippen molar-refractivity contribution in [2.24, 2.45) is 0 Å². The Labute approximate surface area is 265 Å². The SMILES string of the molecule is COc1cc2nccc(Oc3ccc(NC(=O)Oc4cn(CC(=O)N(C)C)c(=O)n(-c5ccc(F)cc5)c4=O)cc3F)c2cc1OC. The molecular formula is C32H27F2N5O8. The highest BCUT2D eigenvalue weighted by Crippen LogP contribution is 2.37. The van der Waals surface area contributed by atoms with Crippen molar-refractivity contribution in [1.29, 1.82) is 0 Å². The van der Waals surface area contributed by atoms with Crippen LogP contribution < -0.4 is 35.5 Å². The Morgan fingerprint density at radius 1 is 0.872 bits per heavy atom. The summed E-state index contributed by atoms with van der Waals surface area (Å²) in [6, 6.07) is 12.8. The molecule has 0 fully saturated rings. The van der Waals surface area contributed by atoms with Gasteiger partial charge < -0.3 is 23.8 Å². The second kappa shape index (κ2) is 13.4. The van der Waals surface area contributed by atoms with Gasteiger partial charge in [-0.1, -0.05) is 0 Å². The second-order valence-corrected chi connectivity index (χ2v) is 10.1. The minimum absolute atomic E-state index is 0.0319. The van der Waals surface area contributed by atoms with Crippen LogP contribution in [0.2, 0.25) is 0 Å². The van der Waals surface area contributed by atoms with E-state index in [4.69, 9.17) is 18.9 Å². The number of carbonyl (C=O) groups excluding carboxylic acids is 2. The molecule has 0 atom stereocenters. The van der Waals surface area contributed by atoms with Crippen LogP contribution in [0.1, 0.15) is 0 Å². The number of rotatable bonds is 9. The summed E-state index contributed by atoms with van der Waals surface area (Å²) in [5, 5.41) is 2.83. The maximum Gasteiger partial charge on any atom is 0.417 e. The van der Waals surface area contributed by atoms with Crippen molar-refractivity contribution in [3.05, 3.63) is 106 Å². The summed E-state index contributed by atoms with van der Waals surface area (Å²) in [5.74, 6) is -1.62. The molecular weight excluding hydrogens is 620 g/mol. The molecule has 0 saturated carbocycles. The van der Waals surface area contributed by atoms with Crippen LogP contribution in [0.15, 0.2) is 82.6 Å². The highest BCUT2D eigenvalue weighted by Gasteiger charge is 2.20. The normalized spacial score (nSPS) is 10.8. The molecule has 0 bridgehead atoms. The average Bonchev–Trinajstić information content (AvgIpc) is 3.04. The van der Waals surface area contributed by atoms with Crippen molar-refractivity contribution in [2.75, 3.05) is 33.6 Å². The molecule has 15 heteroatoms. The minimum atomic E-state index is -1.20. The van der Waals surface area contributed by atoms with E-state index in [9.17, 15) is 23.6 Å². The van der Waals surface area contributed by atoms with Crippen LogP contribution >= 0.6 is 0 Å². The Balaban J connectivity index is 1.39. The third-order valence-electron chi connectivity index (χ3n) is 6.82. The van der Waals surface area contributed by atoms with Crippen LogP contribution in [0.5, 0.6) is 28.7 Å². The molecule has 2 amide bonds. The highest BCUT2D eigenvalue weighted by atomic mass is 19.1. The van der Waals surface area contributed by atoms with Crippen molar-refractivity contribution < 1.29 is 37.3 Å². The maximum atomic E-state index is 15.2. The van der Waals surface area contributed by atoms with Gasteiger partial charge in [0.1, 0.15) is 18.1 Å². The molecule has 5 aromatic rings. The molecule has 0 unspecified atom stereocenters. The van der Waals surface area contributed by atoms with Gasteiger partial charge in [0.15, 0.2) is 23.1 Å². The standard InChI is InChI=1S/C32H27F2N5O8/c1-37(2)29(40)17-38-16-28(30(41)39(32(38)43)20-8-5-18(33)6-9-20)47-31(42)36-19-7-10-25(22(34)13-19)46-24-11-12-35-23-15-27(45-4)26(44-3)14-21(23)24/h5-16H,17H2,1-4H3,(H,36,42). The predicted molar refractivity (Wildman–Crippen MR) is 166 cm³/mol. The minimum Gasteiger partial charge on any atom is -0.493 e. The van der Waals surface area contributed by atoms with Crippen molar-refractivity contribution in [3.63, 3.8) is 0 Å². The van der Waals surface area contributed by atoms with Crippen molar-refractivity contribution in [1.82, 2.24) is 19.0 Å². The molecule has 47 heavy (non-hydrogen) atoms. The smallest absolute Gasteiger partial charge is 0.417 e. The summed E-state index contributed by atoms with van der Waals surface area (Å²) in [5.41, 5.74) is -1.56. The largest absolute Gasteiger partial charge is 0.493 e. The summed E-state index contributed by atoms with van der Waals surface area (Å²) < 4.78 is 51.9. The molecule has 2 heterocycles. The lowest BCUT2D eigenvalue weighted by molar-refractivity contribution is -0.129. The first-order valence-electron chi connectivity index (χ1n) is 13.8. The zero-order valence-electron chi connectivity index (χ0n) is 25.4. The molecule has 1 N–H and O–H groups in total. The average molecular weight is 648 g/mol. The fourth-order valence-corrected chi connectivity index (χ4v) is 4.43. The van der Waals surface area contributed by atoms with E-state index < -0.39 is 47.2 Å². The molecule has 0 spiro atoms. The van der Waals surface area contributed by atoms with Gasteiger partial charge in [-0.3, -0.25) is 24.5 Å². The topological polar surface area (TPSA) is 143 Å². The van der Waals surface area contributed by atoms with Crippen LogP contribution in [-0.4, -0.2) is 59.3 Å². The van der Waals surface area contributed by atoms with Crippen LogP contribution in [0.4, 0.5) is 19.3 Å². The number of pyridine rings is 1. The van der Waals surface area contributed by atoms with E-state index in [0.29, 0.717) is 27.0 Å². The Morgan fingerprint density at radius 2 is 1.57 bits per heavy atom. The molecule has 5 rings (SSSR count). The van der Waals surface area contributed by atoms with Gasteiger partial charge in [0.05, 0.1) is 31.6 Å². The Hall–Kier alpha value is -6.25. The monoisotopic (exact) mass is 647 g/mol. The van der Waals surface area contributed by atoms with Gasteiger partial charge in [0.2, 0.25) is 11.7 Å². The van der Waals surface area contributed by atoms with E-state index in [0.717, 1.165) is 29.0 Å². The van der Waals surface area contributed by atoms with Crippen molar-refractivity contribution in [2.45, 2.75) is 6.54 Å². The molecule has 0 aliphatic heterocycles. The number of amides is 2. The molecule has 0 radical (unpaired) electrons. The van der Waals surface area contributed by atoms with Crippen LogP contribution in [0.25, 0.3) is 16.6 Å². The highest BCUT2D eigenvalue weighted by molar-refractivity contribution is 5.89. The first kappa shape index (κ1) is 32.2. The summed E-state index contributed by atoms with van der Waals surface area (Å²) in [7, 11) is 5.90. The second-order valence-electron chi connectivity index (χ2n) is 10.1. The number of hydrogen-bond donors (Lipinski definition) is 1. The number of anilines is 1. The lowest BCUT2D eigenvalue weighted by Gasteiger charge is -2.15. The molecule has 242 valence electrons. The zero-order valence-corrected chi connectivity index (χ0v) is 25.4. The van der Waals surface area contributed by atoms with Crippen LogP contribution in [0, 0.1) is 11.6 Å². The van der Waals surface area contributed by atoms with Crippen LogP contribution in [0.3, 0.4) is 0 Å². The van der Waals surface area contributed by atoms with Crippen molar-refractivity contribution >= 4 is 28.6 Å². The van der Waals surface area contributed by atoms with Crippen LogP contribution in [-0.2, 0) is 11.3 Å². The van der Waals surface area contributed by atoms with Gasteiger partial charge in [-0.05, 0) is 48.5 Å². The fraction of sp³-hybridized carbons (Fsp3) is 0.156. The van der Waals surface area contributed by atoms with E-state index in [1.807, 2.05) is 0 Å². The van der Waals surface area contributed by atoms with E-state index >= 15 is 4.39 Å². The Morgan fingerprint density at radius 3 is 2.23 bits per heavy atom. The summed E-state index contributed by atoms with van der Waals surface area (Å²) in [6.45, 7) is -0.495. The molecule has 3 aromatic carbocycles. The van der Waals surface area contributed by atoms with Gasteiger partial charge >= 0.3 is 17.3 Å². The number of aromatic nitrogens is 3. The number of likely N-dealkylation sites (N-methyl/N-ethyl adjacent to an activating group) is 1. The number of nitrogens with one attached hydrogen (secondary N) is 1. The first-order chi connectivity index (χ1) is 22.5. The predicted octanol–water partition coefficient (Wildman–Crippen LogP) is 4.33. The number of methoxy groups -OCH3 is 2. The summed E-state index contributed by atoms with van der Waals surface area (Å²) in [6.07, 6.45) is 1.19. The van der Waals surface area contributed by atoms with Gasteiger partial charge in [-0.25, -0.2) is 22.9 Å². The third kappa shape index (κ3) is 6.88. The quantitative estimate of drug-likeness (QED) is 0.247.